The van der Waals surface area contributed by atoms with Gasteiger partial charge in [0.05, 0.1) is 11.9 Å². The number of alkyl halides is 1. The number of hydrogen-bond donors (Lipinski definition) is 0. The fourth-order valence-corrected chi connectivity index (χ4v) is 7.25. The molecule has 7 nitrogen and oxygen atoms in total. The largest absolute Gasteiger partial charge is 0.284 e. The Morgan fingerprint density at radius 1 is 1.11 bits per heavy atom. The van der Waals surface area contributed by atoms with E-state index >= 15 is 0 Å². The van der Waals surface area contributed by atoms with Gasteiger partial charge in [0.15, 0.2) is 5.03 Å². The Hall–Kier alpha value is -1.98. The number of sulfonamides is 1. The molecular formula is C24H22BrCl2FN4O3S. The number of carbonyl (C=O) groups is 1. The maximum Gasteiger partial charge on any atom is 0.260 e. The fraction of sp³-hybridized carbons (Fsp3) is 0.333. The van der Waals surface area contributed by atoms with Gasteiger partial charge in [-0.2, -0.15) is 4.31 Å². The highest BCUT2D eigenvalue weighted by Gasteiger charge is 2.52. The number of aromatic nitrogens is 2. The van der Waals surface area contributed by atoms with E-state index in [4.69, 9.17) is 23.2 Å². The van der Waals surface area contributed by atoms with Gasteiger partial charge in [0.1, 0.15) is 11.7 Å². The van der Waals surface area contributed by atoms with Crippen molar-refractivity contribution in [1.29, 1.82) is 0 Å². The van der Waals surface area contributed by atoms with Crippen molar-refractivity contribution in [2.24, 2.45) is 0 Å². The maximum atomic E-state index is 14.0. The molecule has 1 unspecified atom stereocenters. The lowest BCUT2D eigenvalue weighted by Crippen LogP contribution is -2.44. The van der Waals surface area contributed by atoms with Crippen LogP contribution in [0.2, 0.25) is 10.0 Å². The van der Waals surface area contributed by atoms with E-state index in [1.807, 2.05) is 24.3 Å². The predicted molar refractivity (Wildman–Crippen MR) is 140 cm³/mol. The van der Waals surface area contributed by atoms with Gasteiger partial charge in [0.2, 0.25) is 5.95 Å². The van der Waals surface area contributed by atoms with Crippen LogP contribution in [0.4, 0.5) is 16.0 Å². The first-order valence-electron chi connectivity index (χ1n) is 11.3. The number of hydrogen-bond acceptors (Lipinski definition) is 4. The monoisotopic (exact) mass is 614 g/mol. The quantitative estimate of drug-likeness (QED) is 0.368. The first kappa shape index (κ1) is 25.7. The molecule has 36 heavy (non-hydrogen) atoms. The Balaban J connectivity index is 1.66. The standard InChI is InChI=1S/C24H22BrCl2FN4O3S/c1-24(13-15-2-4-16(25)5-3-15)22(33)31(20-11-17(26)10-18(27)12-20)23-29-14-21(32(23)24)36(34,35)30-8-6-19(28)7-9-30/h2-5,10-12,14,19H,6-9,13H2,1H3. The highest BCUT2D eigenvalue weighted by molar-refractivity contribution is 9.10. The lowest BCUT2D eigenvalue weighted by Gasteiger charge is -2.30. The van der Waals surface area contributed by atoms with Crippen molar-refractivity contribution in [2.75, 3.05) is 18.0 Å². The molecule has 0 aliphatic carbocycles. The molecule has 12 heteroatoms. The summed E-state index contributed by atoms with van der Waals surface area (Å²) in [6, 6.07) is 12.2. The maximum absolute atomic E-state index is 14.0. The van der Waals surface area contributed by atoms with Crippen LogP contribution in [0.15, 0.2) is 58.2 Å². The molecule has 5 rings (SSSR count). The average Bonchev–Trinajstić information content (AvgIpc) is 3.34. The minimum atomic E-state index is -4.05. The van der Waals surface area contributed by atoms with E-state index in [0.717, 1.165) is 10.0 Å². The molecule has 1 aromatic heterocycles. The Labute approximate surface area is 227 Å². The van der Waals surface area contributed by atoms with Crippen LogP contribution in [0.5, 0.6) is 0 Å². The van der Waals surface area contributed by atoms with Gasteiger partial charge in [-0.1, -0.05) is 51.3 Å². The average molecular weight is 616 g/mol. The number of amides is 1. The number of benzene rings is 2. The summed E-state index contributed by atoms with van der Waals surface area (Å²) in [5.41, 5.74) is -0.109. The minimum absolute atomic E-state index is 0.0645. The highest BCUT2D eigenvalue weighted by Crippen LogP contribution is 2.45. The van der Waals surface area contributed by atoms with E-state index in [0.29, 0.717) is 15.7 Å². The van der Waals surface area contributed by atoms with Gasteiger partial charge in [-0.05, 0) is 55.7 Å². The third kappa shape index (κ3) is 4.36. The molecule has 1 amide bonds. The van der Waals surface area contributed by atoms with E-state index in [1.165, 1.54) is 20.0 Å². The zero-order valence-electron chi connectivity index (χ0n) is 19.2. The molecule has 190 valence electrons. The number of rotatable bonds is 5. The van der Waals surface area contributed by atoms with Crippen LogP contribution in [0.1, 0.15) is 25.3 Å². The second-order valence-electron chi connectivity index (χ2n) is 9.16. The zero-order valence-corrected chi connectivity index (χ0v) is 23.1. The van der Waals surface area contributed by atoms with Gasteiger partial charge in [0, 0.05) is 34.0 Å². The first-order valence-corrected chi connectivity index (χ1v) is 14.3. The normalized spacial score (nSPS) is 21.2. The van der Waals surface area contributed by atoms with Crippen LogP contribution in [-0.2, 0) is 26.8 Å². The third-order valence-corrected chi connectivity index (χ3v) is 9.45. The molecule has 0 radical (unpaired) electrons. The van der Waals surface area contributed by atoms with Crippen molar-refractivity contribution in [3.05, 3.63) is 68.7 Å². The van der Waals surface area contributed by atoms with Gasteiger partial charge in [-0.3, -0.25) is 9.36 Å². The lowest BCUT2D eigenvalue weighted by molar-refractivity contribution is -0.124. The summed E-state index contributed by atoms with van der Waals surface area (Å²) >= 11 is 15.9. The van der Waals surface area contributed by atoms with Crippen LogP contribution < -0.4 is 4.90 Å². The number of halogens is 4. The van der Waals surface area contributed by atoms with Crippen molar-refractivity contribution in [1.82, 2.24) is 13.9 Å². The molecule has 0 N–H and O–H groups in total. The smallest absolute Gasteiger partial charge is 0.260 e. The second-order valence-corrected chi connectivity index (χ2v) is 12.8. The summed E-state index contributed by atoms with van der Waals surface area (Å²) in [5.74, 6) is -0.220. The van der Waals surface area contributed by atoms with Crippen LogP contribution in [0, 0.1) is 0 Å². The van der Waals surface area contributed by atoms with Gasteiger partial charge >= 0.3 is 0 Å². The molecular weight excluding hydrogens is 594 g/mol. The lowest BCUT2D eigenvalue weighted by atomic mass is 9.92. The van der Waals surface area contributed by atoms with Crippen molar-refractivity contribution in [3.63, 3.8) is 0 Å². The zero-order chi connectivity index (χ0) is 25.8. The topological polar surface area (TPSA) is 75.5 Å². The van der Waals surface area contributed by atoms with Gasteiger partial charge in [0.25, 0.3) is 15.9 Å². The predicted octanol–water partition coefficient (Wildman–Crippen LogP) is 5.71. The number of fused-ring (bicyclic) bond motifs is 1. The van der Waals surface area contributed by atoms with E-state index in [-0.39, 0.29) is 49.2 Å². The molecule has 3 heterocycles. The van der Waals surface area contributed by atoms with E-state index < -0.39 is 21.7 Å². The SMILES string of the molecule is CC1(Cc2ccc(Br)cc2)C(=O)N(c2cc(Cl)cc(Cl)c2)c2ncc(S(=O)(=O)N3CCC(F)CC3)n21. The molecule has 0 bridgehead atoms. The molecule has 2 aliphatic heterocycles. The Morgan fingerprint density at radius 3 is 2.33 bits per heavy atom. The van der Waals surface area contributed by atoms with Crippen molar-refractivity contribution in [3.8, 4) is 0 Å². The van der Waals surface area contributed by atoms with Gasteiger partial charge in [-0.15, -0.1) is 0 Å². The summed E-state index contributed by atoms with van der Waals surface area (Å²) in [4.78, 5) is 19.8. The summed E-state index contributed by atoms with van der Waals surface area (Å²) < 4.78 is 44.8. The van der Waals surface area contributed by atoms with Gasteiger partial charge in [-0.25, -0.2) is 22.7 Å². The summed E-state index contributed by atoms with van der Waals surface area (Å²) in [7, 11) is -4.05. The fourth-order valence-electron chi connectivity index (χ4n) is 4.81. The molecule has 3 aromatic rings. The molecule has 1 atom stereocenters. The van der Waals surface area contributed by atoms with E-state index in [1.54, 1.807) is 25.1 Å². The minimum Gasteiger partial charge on any atom is -0.284 e. The molecule has 1 fully saturated rings. The summed E-state index contributed by atoms with van der Waals surface area (Å²) in [6.07, 6.45) is 0.699. The highest BCUT2D eigenvalue weighted by atomic mass is 79.9. The molecule has 2 aromatic carbocycles. The van der Waals surface area contributed by atoms with Crippen LogP contribution in [0.3, 0.4) is 0 Å². The number of imidazole rings is 1. The number of nitrogens with zero attached hydrogens (tertiary/aromatic N) is 4. The molecule has 2 aliphatic rings. The number of carbonyl (C=O) groups excluding carboxylic acids is 1. The first-order chi connectivity index (χ1) is 17.0. The number of piperidine rings is 1. The van der Waals surface area contributed by atoms with E-state index in [9.17, 15) is 17.6 Å². The van der Waals surface area contributed by atoms with Gasteiger partial charge < -0.3 is 0 Å². The van der Waals surface area contributed by atoms with Crippen molar-refractivity contribution < 1.29 is 17.6 Å². The van der Waals surface area contributed by atoms with Crippen molar-refractivity contribution >= 4 is 66.7 Å². The van der Waals surface area contributed by atoms with Crippen LogP contribution in [-0.4, -0.2) is 47.4 Å². The Bertz CT molecular complexity index is 1420. The Morgan fingerprint density at radius 2 is 1.72 bits per heavy atom. The van der Waals surface area contributed by atoms with Crippen LogP contribution in [0.25, 0.3) is 0 Å². The molecule has 0 saturated carbocycles. The van der Waals surface area contributed by atoms with E-state index in [2.05, 4.69) is 20.9 Å². The summed E-state index contributed by atoms with van der Waals surface area (Å²) in [6.45, 7) is 1.82. The molecule has 1 saturated heterocycles. The third-order valence-electron chi connectivity index (χ3n) is 6.62. The Kier molecular flexibility index (Phi) is 6.70. The summed E-state index contributed by atoms with van der Waals surface area (Å²) in [5, 5.41) is 0.539. The molecule has 0 spiro atoms. The second kappa shape index (κ2) is 9.40. The number of anilines is 2. The van der Waals surface area contributed by atoms with Crippen molar-refractivity contribution in [2.45, 2.75) is 42.9 Å². The van der Waals surface area contributed by atoms with Crippen LogP contribution >= 0.6 is 39.1 Å².